The average molecular weight is 374 g/mol. The molecule has 0 aliphatic heterocycles. The molecule has 0 fully saturated rings. The highest BCUT2D eigenvalue weighted by atomic mass is 16.5. The van der Waals surface area contributed by atoms with Crippen molar-refractivity contribution >= 4 is 11.9 Å². The lowest BCUT2D eigenvalue weighted by Gasteiger charge is -2.12. The normalized spacial score (nSPS) is 10.4. The lowest BCUT2D eigenvalue weighted by Crippen LogP contribution is -2.18. The molecule has 0 unspecified atom stereocenters. The van der Waals surface area contributed by atoms with Crippen molar-refractivity contribution < 1.29 is 19.1 Å². The van der Waals surface area contributed by atoms with Gasteiger partial charge in [-0.1, -0.05) is 62.4 Å². The predicted molar refractivity (Wildman–Crippen MR) is 108 cm³/mol. The SMILES string of the molecule is CCc1ccccc1OC(=O)c1ccccc1C(=O)Oc1ccccc1CC. The monoisotopic (exact) mass is 374 g/mol. The van der Waals surface area contributed by atoms with E-state index >= 15 is 0 Å². The fourth-order valence-corrected chi connectivity index (χ4v) is 2.94. The molecule has 0 heterocycles. The molecule has 3 aromatic rings. The lowest BCUT2D eigenvalue weighted by molar-refractivity contribution is 0.0690. The standard InChI is InChI=1S/C24H22O4/c1-3-17-11-5-9-15-21(17)27-23(25)19-13-7-8-14-20(19)24(26)28-22-16-10-6-12-18(22)4-2/h5-16H,3-4H2,1-2H3. The van der Waals surface area contributed by atoms with Crippen molar-refractivity contribution in [2.75, 3.05) is 0 Å². The first-order valence-electron chi connectivity index (χ1n) is 9.33. The molecular weight excluding hydrogens is 352 g/mol. The van der Waals surface area contributed by atoms with Crippen molar-refractivity contribution in [2.24, 2.45) is 0 Å². The first-order chi connectivity index (χ1) is 13.6. The molecule has 0 aliphatic rings. The quantitative estimate of drug-likeness (QED) is 0.437. The van der Waals surface area contributed by atoms with Crippen LogP contribution in [-0.4, -0.2) is 11.9 Å². The highest BCUT2D eigenvalue weighted by Gasteiger charge is 2.21. The van der Waals surface area contributed by atoms with Gasteiger partial charge in [0, 0.05) is 0 Å². The van der Waals surface area contributed by atoms with Crippen molar-refractivity contribution in [3.05, 3.63) is 95.1 Å². The summed E-state index contributed by atoms with van der Waals surface area (Å²) < 4.78 is 11.1. The molecule has 142 valence electrons. The number of benzene rings is 3. The van der Waals surface area contributed by atoms with Gasteiger partial charge >= 0.3 is 11.9 Å². The van der Waals surface area contributed by atoms with Gasteiger partial charge in [-0.05, 0) is 48.2 Å². The first kappa shape index (κ1) is 19.4. The molecule has 3 aromatic carbocycles. The molecule has 0 saturated heterocycles. The summed E-state index contributed by atoms with van der Waals surface area (Å²) in [5.74, 6) is -0.182. The van der Waals surface area contributed by atoms with E-state index in [4.69, 9.17) is 9.47 Å². The van der Waals surface area contributed by atoms with Crippen LogP contribution in [0.25, 0.3) is 0 Å². The molecule has 4 nitrogen and oxygen atoms in total. The maximum absolute atomic E-state index is 12.8. The van der Waals surface area contributed by atoms with Crippen LogP contribution >= 0.6 is 0 Å². The van der Waals surface area contributed by atoms with E-state index in [-0.39, 0.29) is 11.1 Å². The number of aryl methyl sites for hydroxylation is 2. The molecule has 0 atom stereocenters. The minimum atomic E-state index is -0.586. The highest BCUT2D eigenvalue weighted by molar-refractivity contribution is 6.04. The zero-order chi connectivity index (χ0) is 19.9. The number of hydrogen-bond donors (Lipinski definition) is 0. The number of esters is 2. The number of ether oxygens (including phenoxy) is 2. The number of hydrogen-bond acceptors (Lipinski definition) is 4. The molecule has 3 rings (SSSR count). The predicted octanol–water partition coefficient (Wildman–Crippen LogP) is 5.25. The van der Waals surface area contributed by atoms with E-state index in [1.807, 2.05) is 50.2 Å². The van der Waals surface area contributed by atoms with Crippen molar-refractivity contribution in [1.82, 2.24) is 0 Å². The summed E-state index contributed by atoms with van der Waals surface area (Å²) in [4.78, 5) is 25.5. The topological polar surface area (TPSA) is 52.6 Å². The number of carbonyl (C=O) groups excluding carboxylic acids is 2. The van der Waals surface area contributed by atoms with Crippen LogP contribution in [0, 0.1) is 0 Å². The van der Waals surface area contributed by atoms with Crippen LogP contribution in [0.3, 0.4) is 0 Å². The Balaban J connectivity index is 1.86. The third-order valence-corrected chi connectivity index (χ3v) is 4.48. The molecule has 0 aromatic heterocycles. The summed E-state index contributed by atoms with van der Waals surface area (Å²) in [7, 11) is 0. The second-order valence-corrected chi connectivity index (χ2v) is 6.25. The van der Waals surface area contributed by atoms with Gasteiger partial charge in [0.25, 0.3) is 0 Å². The lowest BCUT2D eigenvalue weighted by atomic mass is 10.1. The smallest absolute Gasteiger partial charge is 0.344 e. The fraction of sp³-hybridized carbons (Fsp3) is 0.167. The molecule has 0 bridgehead atoms. The minimum absolute atomic E-state index is 0.174. The third kappa shape index (κ3) is 4.29. The van der Waals surface area contributed by atoms with Crippen LogP contribution in [0.15, 0.2) is 72.8 Å². The largest absolute Gasteiger partial charge is 0.423 e. The highest BCUT2D eigenvalue weighted by Crippen LogP contribution is 2.23. The van der Waals surface area contributed by atoms with Gasteiger partial charge in [0.05, 0.1) is 11.1 Å². The van der Waals surface area contributed by atoms with E-state index in [9.17, 15) is 9.59 Å². The van der Waals surface area contributed by atoms with Gasteiger partial charge in [-0.25, -0.2) is 9.59 Å². The molecule has 0 spiro atoms. The maximum atomic E-state index is 12.8. The number of rotatable bonds is 6. The van der Waals surface area contributed by atoms with Gasteiger partial charge in [-0.3, -0.25) is 0 Å². The number of carbonyl (C=O) groups is 2. The van der Waals surface area contributed by atoms with Crippen molar-refractivity contribution in [1.29, 1.82) is 0 Å². The molecule has 4 heteroatoms. The van der Waals surface area contributed by atoms with Gasteiger partial charge < -0.3 is 9.47 Å². The number of para-hydroxylation sites is 2. The van der Waals surface area contributed by atoms with Crippen LogP contribution in [0.5, 0.6) is 11.5 Å². The molecule has 0 aliphatic carbocycles. The summed E-state index contributed by atoms with van der Waals surface area (Å²) in [6.45, 7) is 3.98. The van der Waals surface area contributed by atoms with Gasteiger partial charge in [-0.2, -0.15) is 0 Å². The summed E-state index contributed by atoms with van der Waals surface area (Å²) >= 11 is 0. The van der Waals surface area contributed by atoms with Gasteiger partial charge in [0.1, 0.15) is 11.5 Å². The van der Waals surface area contributed by atoms with Crippen molar-refractivity contribution in [2.45, 2.75) is 26.7 Å². The summed E-state index contributed by atoms with van der Waals surface area (Å²) in [6, 6.07) is 21.2. The van der Waals surface area contributed by atoms with Gasteiger partial charge in [-0.15, -0.1) is 0 Å². The molecule has 28 heavy (non-hydrogen) atoms. The van der Waals surface area contributed by atoms with E-state index in [0.29, 0.717) is 11.5 Å². The molecule has 0 radical (unpaired) electrons. The Morgan fingerprint density at radius 1 is 0.607 bits per heavy atom. The van der Waals surface area contributed by atoms with E-state index in [1.54, 1.807) is 36.4 Å². The summed E-state index contributed by atoms with van der Waals surface area (Å²) in [6.07, 6.45) is 1.47. The Morgan fingerprint density at radius 3 is 1.36 bits per heavy atom. The van der Waals surface area contributed by atoms with Crippen LogP contribution in [0.2, 0.25) is 0 Å². The Bertz CT molecular complexity index is 911. The Kier molecular flexibility index (Phi) is 6.22. The van der Waals surface area contributed by atoms with Crippen LogP contribution in [-0.2, 0) is 12.8 Å². The summed E-state index contributed by atoms with van der Waals surface area (Å²) in [5.41, 5.74) is 2.19. The first-order valence-corrected chi connectivity index (χ1v) is 9.33. The summed E-state index contributed by atoms with van der Waals surface area (Å²) in [5, 5.41) is 0. The molecule has 0 saturated carbocycles. The molecular formula is C24H22O4. The minimum Gasteiger partial charge on any atom is -0.423 e. The van der Waals surface area contributed by atoms with E-state index < -0.39 is 11.9 Å². The van der Waals surface area contributed by atoms with Crippen LogP contribution in [0.1, 0.15) is 45.7 Å². The van der Waals surface area contributed by atoms with Crippen molar-refractivity contribution in [3.8, 4) is 11.5 Å². The second-order valence-electron chi connectivity index (χ2n) is 6.25. The second kappa shape index (κ2) is 9.00. The fourth-order valence-electron chi connectivity index (χ4n) is 2.94. The third-order valence-electron chi connectivity index (χ3n) is 4.48. The molecule has 0 N–H and O–H groups in total. The van der Waals surface area contributed by atoms with Crippen LogP contribution in [0.4, 0.5) is 0 Å². The zero-order valence-electron chi connectivity index (χ0n) is 16.0. The Labute approximate surface area is 164 Å². The average Bonchev–Trinajstić information content (AvgIpc) is 2.74. The Hall–Kier alpha value is -3.40. The zero-order valence-corrected chi connectivity index (χ0v) is 16.0. The van der Waals surface area contributed by atoms with E-state index in [1.165, 1.54) is 0 Å². The molecule has 0 amide bonds. The van der Waals surface area contributed by atoms with E-state index in [0.717, 1.165) is 24.0 Å². The van der Waals surface area contributed by atoms with Crippen molar-refractivity contribution in [3.63, 3.8) is 0 Å². The van der Waals surface area contributed by atoms with E-state index in [2.05, 4.69) is 0 Å². The van der Waals surface area contributed by atoms with Gasteiger partial charge in [0.2, 0.25) is 0 Å². The van der Waals surface area contributed by atoms with Crippen LogP contribution < -0.4 is 9.47 Å². The maximum Gasteiger partial charge on any atom is 0.344 e. The van der Waals surface area contributed by atoms with Gasteiger partial charge in [0.15, 0.2) is 0 Å². The Morgan fingerprint density at radius 2 is 0.964 bits per heavy atom.